The Balaban J connectivity index is 0. The van der Waals surface area contributed by atoms with Gasteiger partial charge in [-0.1, -0.05) is 6.07 Å². The molecule has 0 atom stereocenters. The molecule has 8 nitrogen and oxygen atoms in total. The Morgan fingerprint density at radius 1 is 1.04 bits per heavy atom. The van der Waals surface area contributed by atoms with Crippen molar-refractivity contribution >= 4 is 27.7 Å². The Morgan fingerprint density at radius 2 is 1.58 bits per heavy atom. The smallest absolute Gasteiger partial charge is 0.545 e. The van der Waals surface area contributed by atoms with Crippen LogP contribution in [0.2, 0.25) is 0 Å². The average molecular weight is 341 g/mol. The fraction of sp³-hybridized carbons (Fsp3) is 0.308. The Labute approximate surface area is 163 Å². The van der Waals surface area contributed by atoms with Crippen LogP contribution in [0.15, 0.2) is 18.2 Å². The molecule has 0 aliphatic heterocycles. The molecule has 1 aromatic rings. The maximum Gasteiger partial charge on any atom is 1.00 e. The summed E-state index contributed by atoms with van der Waals surface area (Å²) in [5.74, 6) is -4.19. The number of benzene rings is 1. The first kappa shape index (κ1) is 25.0. The standard InChI is InChI=1S/C13H15NO7S.2Li/c1-22(20,21)6-2-5-14-11(15)8-3-4-9(12(16)17)10(7-8)13(18)19;;/h3-4,7H,2,5-6H2,1H3,(H,14,15)(H,16,17)(H,18,19);;/q;2*+1/p-2. The quantitative estimate of drug-likeness (QED) is 0.383. The van der Waals surface area contributed by atoms with Crippen molar-refractivity contribution in [1.29, 1.82) is 0 Å². The van der Waals surface area contributed by atoms with Gasteiger partial charge < -0.3 is 25.1 Å². The molecule has 11 heteroatoms. The van der Waals surface area contributed by atoms with Crippen LogP contribution in [0.5, 0.6) is 0 Å². The molecule has 0 aliphatic rings. The Kier molecular flexibility index (Phi) is 11.1. The third kappa shape index (κ3) is 8.05. The number of nitrogens with one attached hydrogen (secondary N) is 1. The summed E-state index contributed by atoms with van der Waals surface area (Å²) in [6.07, 6.45) is 1.27. The maximum absolute atomic E-state index is 11.8. The number of rotatable bonds is 7. The predicted octanol–water partition coefficient (Wildman–Crippen LogP) is -8.41. The fourth-order valence-corrected chi connectivity index (χ4v) is 2.34. The molecular weight excluding hydrogens is 328 g/mol. The van der Waals surface area contributed by atoms with Gasteiger partial charge in [-0.05, 0) is 18.6 Å². The van der Waals surface area contributed by atoms with E-state index >= 15 is 0 Å². The molecule has 120 valence electrons. The molecule has 0 saturated heterocycles. The van der Waals surface area contributed by atoms with Gasteiger partial charge in [0.1, 0.15) is 9.84 Å². The first-order valence-electron chi connectivity index (χ1n) is 6.14. The molecule has 0 spiro atoms. The Bertz CT molecular complexity index is 719. The number of hydrogen-bond acceptors (Lipinski definition) is 7. The van der Waals surface area contributed by atoms with Gasteiger partial charge in [-0.15, -0.1) is 0 Å². The number of aromatic carboxylic acids is 2. The zero-order chi connectivity index (χ0) is 16.9. The summed E-state index contributed by atoms with van der Waals surface area (Å²) >= 11 is 0. The molecule has 0 heterocycles. The minimum absolute atomic E-state index is 0. The molecule has 0 radical (unpaired) electrons. The number of carboxylic acid groups (broad SMARTS) is 2. The van der Waals surface area contributed by atoms with E-state index in [1.165, 1.54) is 0 Å². The van der Waals surface area contributed by atoms with Gasteiger partial charge in [-0.25, -0.2) is 8.42 Å². The first-order valence-corrected chi connectivity index (χ1v) is 8.20. The molecule has 0 aliphatic carbocycles. The molecule has 0 bridgehead atoms. The normalized spacial score (nSPS) is 10.0. The van der Waals surface area contributed by atoms with Gasteiger partial charge in [0.25, 0.3) is 5.91 Å². The van der Waals surface area contributed by atoms with Gasteiger partial charge in [-0.3, -0.25) is 4.79 Å². The van der Waals surface area contributed by atoms with Crippen LogP contribution in [0.4, 0.5) is 0 Å². The van der Waals surface area contributed by atoms with Gasteiger partial charge in [0.2, 0.25) is 0 Å². The molecule has 0 fully saturated rings. The molecule has 1 amide bonds. The number of carboxylic acids is 2. The van der Waals surface area contributed by atoms with E-state index in [4.69, 9.17) is 0 Å². The summed E-state index contributed by atoms with van der Waals surface area (Å²) in [4.78, 5) is 33.4. The maximum atomic E-state index is 11.8. The summed E-state index contributed by atoms with van der Waals surface area (Å²) in [7, 11) is -3.13. The largest absolute Gasteiger partial charge is 1.00 e. The van der Waals surface area contributed by atoms with E-state index in [1.807, 2.05) is 0 Å². The molecule has 0 aromatic heterocycles. The second-order valence-electron chi connectivity index (χ2n) is 4.57. The predicted molar refractivity (Wildman–Crippen MR) is 71.8 cm³/mol. The fourth-order valence-electron chi connectivity index (χ4n) is 1.67. The minimum atomic E-state index is -3.13. The van der Waals surface area contributed by atoms with Crippen LogP contribution in [-0.4, -0.2) is 44.8 Å². The number of amides is 1. The van der Waals surface area contributed by atoms with Crippen LogP contribution in [0.3, 0.4) is 0 Å². The number of hydrogen-bond donors (Lipinski definition) is 1. The molecule has 1 rings (SSSR count). The van der Waals surface area contributed by atoms with Gasteiger partial charge in [0, 0.05) is 29.5 Å². The Morgan fingerprint density at radius 3 is 2.04 bits per heavy atom. The molecule has 24 heavy (non-hydrogen) atoms. The second kappa shape index (κ2) is 10.6. The second-order valence-corrected chi connectivity index (χ2v) is 6.83. The van der Waals surface area contributed by atoms with Gasteiger partial charge in [0.05, 0.1) is 17.7 Å². The van der Waals surface area contributed by atoms with Gasteiger partial charge in [-0.2, -0.15) is 0 Å². The van der Waals surface area contributed by atoms with E-state index < -0.39 is 38.8 Å². The third-order valence-corrected chi connectivity index (χ3v) is 3.73. The summed E-state index contributed by atoms with van der Waals surface area (Å²) in [5, 5.41) is 24.0. The molecule has 1 N–H and O–H groups in total. The number of carbonyl (C=O) groups is 3. The summed E-state index contributed by atoms with van der Waals surface area (Å²) in [6, 6.07) is 2.93. The van der Waals surface area contributed by atoms with E-state index in [0.717, 1.165) is 24.5 Å². The Hall–Kier alpha value is -1.23. The van der Waals surface area contributed by atoms with Crippen LogP contribution in [-0.2, 0) is 9.84 Å². The van der Waals surface area contributed by atoms with Crippen LogP contribution in [0, 0.1) is 0 Å². The summed E-state index contributed by atoms with van der Waals surface area (Å²) in [6.45, 7) is 0.0782. The van der Waals surface area contributed by atoms with E-state index in [-0.39, 0.29) is 62.0 Å². The summed E-state index contributed by atoms with van der Waals surface area (Å²) < 4.78 is 21.8. The summed E-state index contributed by atoms with van der Waals surface area (Å²) in [5.41, 5.74) is -1.33. The van der Waals surface area contributed by atoms with Crippen LogP contribution in [0.25, 0.3) is 0 Å². The van der Waals surface area contributed by atoms with Crippen molar-refractivity contribution in [2.24, 2.45) is 0 Å². The monoisotopic (exact) mass is 341 g/mol. The number of carbonyl (C=O) groups excluding carboxylic acids is 3. The first-order chi connectivity index (χ1) is 10.1. The van der Waals surface area contributed by atoms with E-state index in [0.29, 0.717) is 0 Å². The van der Waals surface area contributed by atoms with Gasteiger partial charge >= 0.3 is 37.7 Å². The van der Waals surface area contributed by atoms with Crippen molar-refractivity contribution in [3.05, 3.63) is 34.9 Å². The SMILES string of the molecule is CS(=O)(=O)CCCNC(=O)c1ccc(C(=O)[O-])c(C(=O)[O-])c1.[Li+].[Li+]. The van der Waals surface area contributed by atoms with Crippen molar-refractivity contribution < 1.29 is 70.7 Å². The van der Waals surface area contributed by atoms with E-state index in [9.17, 15) is 33.0 Å². The zero-order valence-electron chi connectivity index (χ0n) is 13.6. The third-order valence-electron chi connectivity index (χ3n) is 2.70. The molecule has 0 saturated carbocycles. The topological polar surface area (TPSA) is 144 Å². The van der Waals surface area contributed by atoms with Gasteiger partial charge in [0.15, 0.2) is 0 Å². The van der Waals surface area contributed by atoms with Crippen molar-refractivity contribution in [1.82, 2.24) is 5.32 Å². The minimum Gasteiger partial charge on any atom is -0.545 e. The van der Waals surface area contributed by atoms with Crippen LogP contribution < -0.4 is 53.3 Å². The number of sulfone groups is 1. The van der Waals surface area contributed by atoms with Crippen molar-refractivity contribution in [3.8, 4) is 0 Å². The van der Waals surface area contributed by atoms with Crippen LogP contribution >= 0.6 is 0 Å². The molecule has 0 unspecified atom stereocenters. The van der Waals surface area contributed by atoms with E-state index in [1.54, 1.807) is 0 Å². The molecular formula is C13H13Li2NO7S. The van der Waals surface area contributed by atoms with E-state index in [2.05, 4.69) is 5.32 Å². The molecule has 1 aromatic carbocycles. The van der Waals surface area contributed by atoms with Crippen molar-refractivity contribution in [2.45, 2.75) is 6.42 Å². The average Bonchev–Trinajstić information content (AvgIpc) is 2.41. The van der Waals surface area contributed by atoms with Crippen LogP contribution in [0.1, 0.15) is 37.5 Å². The van der Waals surface area contributed by atoms with Crippen molar-refractivity contribution in [3.63, 3.8) is 0 Å². The van der Waals surface area contributed by atoms with Crippen molar-refractivity contribution in [2.75, 3.05) is 18.6 Å². The zero-order valence-corrected chi connectivity index (χ0v) is 14.4.